The highest BCUT2D eigenvalue weighted by molar-refractivity contribution is 7.89. The van der Waals surface area contributed by atoms with Gasteiger partial charge < -0.3 is 14.4 Å². The van der Waals surface area contributed by atoms with Crippen LogP contribution in [0.25, 0.3) is 0 Å². The molecule has 1 heterocycles. The van der Waals surface area contributed by atoms with Gasteiger partial charge in [0.05, 0.1) is 30.8 Å². The Hall–Kier alpha value is -3.40. The van der Waals surface area contributed by atoms with Gasteiger partial charge in [0.15, 0.2) is 0 Å². The molecule has 3 aromatic rings. The number of amides is 1. The van der Waals surface area contributed by atoms with Gasteiger partial charge in [-0.3, -0.25) is 4.79 Å². The van der Waals surface area contributed by atoms with Crippen LogP contribution in [0, 0.1) is 0 Å². The van der Waals surface area contributed by atoms with Gasteiger partial charge >= 0.3 is 5.97 Å². The second-order valence-corrected chi connectivity index (χ2v) is 10.5. The van der Waals surface area contributed by atoms with Crippen LogP contribution in [-0.2, 0) is 30.8 Å². The Bertz CT molecular complexity index is 1330. The average Bonchev–Trinajstić information content (AvgIpc) is 2.90. The first-order valence-corrected chi connectivity index (χ1v) is 13.0. The molecule has 188 valence electrons. The van der Waals surface area contributed by atoms with Crippen LogP contribution in [0.3, 0.4) is 0 Å². The van der Waals surface area contributed by atoms with Crippen LogP contribution in [0.4, 0.5) is 5.69 Å². The molecular formula is C26H25ClN2O6S. The van der Waals surface area contributed by atoms with Crippen molar-refractivity contribution in [1.29, 1.82) is 0 Å². The van der Waals surface area contributed by atoms with E-state index < -0.39 is 34.5 Å². The van der Waals surface area contributed by atoms with E-state index in [1.807, 2.05) is 30.3 Å². The SMILES string of the molecule is COC(=O)[C@H]1CN(C(=O)CN(CCc2ccccc2)S(=O)(=O)c2ccc(Cl)cc2)c2ccccc2O1. The Balaban J connectivity index is 1.63. The third-order valence-electron chi connectivity index (χ3n) is 5.79. The molecule has 0 saturated carbocycles. The molecule has 0 saturated heterocycles. The van der Waals surface area contributed by atoms with E-state index in [2.05, 4.69) is 0 Å². The Morgan fingerprint density at radius 2 is 1.69 bits per heavy atom. The summed E-state index contributed by atoms with van der Waals surface area (Å²) < 4.78 is 38.8. The number of methoxy groups -OCH3 is 1. The second-order valence-electron chi connectivity index (χ2n) is 8.13. The smallest absolute Gasteiger partial charge is 0.348 e. The molecule has 1 amide bonds. The van der Waals surface area contributed by atoms with E-state index >= 15 is 0 Å². The summed E-state index contributed by atoms with van der Waals surface area (Å²) in [6, 6.07) is 22.0. The van der Waals surface area contributed by atoms with Crippen LogP contribution in [0.1, 0.15) is 5.56 Å². The van der Waals surface area contributed by atoms with Gasteiger partial charge in [0.2, 0.25) is 22.0 Å². The maximum Gasteiger partial charge on any atom is 0.348 e. The van der Waals surface area contributed by atoms with E-state index in [1.165, 1.54) is 36.3 Å². The fourth-order valence-electron chi connectivity index (χ4n) is 3.90. The van der Waals surface area contributed by atoms with E-state index in [-0.39, 0.29) is 18.0 Å². The molecule has 0 aliphatic carbocycles. The number of halogens is 1. The Kier molecular flexibility index (Phi) is 7.93. The average molecular weight is 529 g/mol. The summed E-state index contributed by atoms with van der Waals surface area (Å²) in [6.45, 7) is -0.455. The summed E-state index contributed by atoms with van der Waals surface area (Å²) in [5.41, 5.74) is 1.39. The number of anilines is 1. The molecule has 1 aliphatic heterocycles. The lowest BCUT2D eigenvalue weighted by molar-refractivity contribution is -0.148. The first-order valence-electron chi connectivity index (χ1n) is 11.2. The number of ether oxygens (including phenoxy) is 2. The molecule has 36 heavy (non-hydrogen) atoms. The molecule has 1 atom stereocenters. The number of esters is 1. The summed E-state index contributed by atoms with van der Waals surface area (Å²) in [5.74, 6) is -0.786. The van der Waals surface area contributed by atoms with Crippen molar-refractivity contribution in [2.24, 2.45) is 0 Å². The van der Waals surface area contributed by atoms with Crippen molar-refractivity contribution < 1.29 is 27.5 Å². The number of sulfonamides is 1. The number of fused-ring (bicyclic) bond motifs is 1. The maximum atomic E-state index is 13.6. The van der Waals surface area contributed by atoms with E-state index in [0.29, 0.717) is 22.9 Å². The van der Waals surface area contributed by atoms with Crippen LogP contribution in [0.2, 0.25) is 5.02 Å². The van der Waals surface area contributed by atoms with Crippen molar-refractivity contribution >= 4 is 39.2 Å². The highest BCUT2D eigenvalue weighted by atomic mass is 35.5. The van der Waals surface area contributed by atoms with Crippen molar-refractivity contribution in [1.82, 2.24) is 4.31 Å². The number of nitrogens with zero attached hydrogens (tertiary/aromatic N) is 2. The predicted octanol–water partition coefficient (Wildman–Crippen LogP) is 3.54. The van der Waals surface area contributed by atoms with E-state index in [1.54, 1.807) is 24.3 Å². The highest BCUT2D eigenvalue weighted by Gasteiger charge is 2.36. The van der Waals surface area contributed by atoms with Gasteiger partial charge in [-0.2, -0.15) is 4.31 Å². The topological polar surface area (TPSA) is 93.2 Å². The lowest BCUT2D eigenvalue weighted by Gasteiger charge is -2.34. The number of hydrogen-bond acceptors (Lipinski definition) is 6. The van der Waals surface area contributed by atoms with Crippen LogP contribution < -0.4 is 9.64 Å². The molecule has 8 nitrogen and oxygen atoms in total. The second kappa shape index (κ2) is 11.1. The molecule has 4 rings (SSSR count). The van der Waals surface area contributed by atoms with Crippen LogP contribution in [-0.4, -0.2) is 57.4 Å². The van der Waals surface area contributed by atoms with Crippen LogP contribution in [0.15, 0.2) is 83.8 Å². The number of carbonyl (C=O) groups is 2. The molecule has 0 radical (unpaired) electrons. The van der Waals surface area contributed by atoms with Crippen molar-refractivity contribution in [2.45, 2.75) is 17.4 Å². The summed E-state index contributed by atoms with van der Waals surface area (Å²) in [7, 11) is -2.79. The number of rotatable bonds is 8. The minimum atomic E-state index is -4.03. The van der Waals surface area contributed by atoms with Gasteiger partial charge in [0.25, 0.3) is 0 Å². The summed E-state index contributed by atoms with van der Waals surface area (Å²) in [4.78, 5) is 27.2. The van der Waals surface area contributed by atoms with Crippen molar-refractivity contribution in [3.8, 4) is 5.75 Å². The highest BCUT2D eigenvalue weighted by Crippen LogP contribution is 2.33. The summed E-state index contributed by atoms with van der Waals surface area (Å²) in [6.07, 6.45) is -0.620. The van der Waals surface area contributed by atoms with Gasteiger partial charge in [0, 0.05) is 11.6 Å². The molecule has 10 heteroatoms. The quantitative estimate of drug-likeness (QED) is 0.415. The standard InChI is InChI=1S/C26H25ClN2O6S/c1-34-26(31)24-17-29(22-9-5-6-10-23(22)35-24)25(30)18-28(16-15-19-7-3-2-4-8-19)36(32,33)21-13-11-20(27)12-14-21/h2-14,24H,15-18H2,1H3/t24-/m1/s1. The van der Waals surface area contributed by atoms with Crippen molar-refractivity contribution in [2.75, 3.05) is 31.6 Å². The van der Waals surface area contributed by atoms with E-state index in [9.17, 15) is 18.0 Å². The lowest BCUT2D eigenvalue weighted by atomic mass is 10.1. The zero-order valence-electron chi connectivity index (χ0n) is 19.5. The van der Waals surface area contributed by atoms with Crippen molar-refractivity contribution in [3.63, 3.8) is 0 Å². The Morgan fingerprint density at radius 1 is 1.03 bits per heavy atom. The summed E-state index contributed by atoms with van der Waals surface area (Å²) >= 11 is 5.95. The fraction of sp³-hybridized carbons (Fsp3) is 0.231. The van der Waals surface area contributed by atoms with Gasteiger partial charge in [-0.05, 0) is 48.4 Å². The zero-order chi connectivity index (χ0) is 25.7. The predicted molar refractivity (Wildman–Crippen MR) is 136 cm³/mol. The minimum Gasteiger partial charge on any atom is -0.475 e. The molecule has 0 bridgehead atoms. The molecule has 0 spiro atoms. The third kappa shape index (κ3) is 5.70. The number of benzene rings is 3. The summed E-state index contributed by atoms with van der Waals surface area (Å²) in [5, 5.41) is 0.402. The van der Waals surface area contributed by atoms with Crippen LogP contribution in [0.5, 0.6) is 5.75 Å². The molecule has 0 N–H and O–H groups in total. The van der Waals surface area contributed by atoms with E-state index in [4.69, 9.17) is 21.1 Å². The monoisotopic (exact) mass is 528 g/mol. The molecular weight excluding hydrogens is 504 g/mol. The molecule has 0 aromatic heterocycles. The van der Waals surface area contributed by atoms with E-state index in [0.717, 1.165) is 9.87 Å². The van der Waals surface area contributed by atoms with Gasteiger partial charge in [-0.1, -0.05) is 54.1 Å². The minimum absolute atomic E-state index is 0.0302. The zero-order valence-corrected chi connectivity index (χ0v) is 21.1. The van der Waals surface area contributed by atoms with Gasteiger partial charge in [0.1, 0.15) is 5.75 Å². The number of carbonyl (C=O) groups excluding carboxylic acids is 2. The number of para-hydroxylation sites is 2. The third-order valence-corrected chi connectivity index (χ3v) is 7.91. The Morgan fingerprint density at radius 3 is 2.39 bits per heavy atom. The van der Waals surface area contributed by atoms with Crippen LogP contribution >= 0.6 is 11.6 Å². The van der Waals surface area contributed by atoms with Crippen molar-refractivity contribution in [3.05, 3.63) is 89.4 Å². The molecule has 0 unspecified atom stereocenters. The first kappa shape index (κ1) is 25.7. The van der Waals surface area contributed by atoms with Gasteiger partial charge in [-0.15, -0.1) is 0 Å². The molecule has 1 aliphatic rings. The fourth-order valence-corrected chi connectivity index (χ4v) is 5.42. The normalized spacial score (nSPS) is 15.2. The molecule has 3 aromatic carbocycles. The molecule has 0 fully saturated rings. The Labute approximate surface area is 215 Å². The first-order chi connectivity index (χ1) is 17.3. The maximum absolute atomic E-state index is 13.6. The number of hydrogen-bond donors (Lipinski definition) is 0. The lowest BCUT2D eigenvalue weighted by Crippen LogP contribution is -2.51. The van der Waals surface area contributed by atoms with Gasteiger partial charge in [-0.25, -0.2) is 13.2 Å². The largest absolute Gasteiger partial charge is 0.475 e.